The molecule has 3 N–H and O–H groups in total. The SMILES string of the molecule is CC(C)C(CC1CCNC1=O)N=PN. The summed E-state index contributed by atoms with van der Waals surface area (Å²) in [6.45, 7) is 5.05. The van der Waals surface area contributed by atoms with E-state index in [1.807, 2.05) is 0 Å². The third-order valence-corrected chi connectivity index (χ3v) is 3.10. The molecule has 80 valence electrons. The van der Waals surface area contributed by atoms with Gasteiger partial charge in [-0.1, -0.05) is 13.8 Å². The fraction of sp³-hybridized carbons (Fsp3) is 0.889. The highest BCUT2D eigenvalue weighted by molar-refractivity contribution is 7.23. The molecule has 1 amide bonds. The van der Waals surface area contributed by atoms with Gasteiger partial charge in [-0.2, -0.15) is 0 Å². The Morgan fingerprint density at radius 3 is 2.86 bits per heavy atom. The summed E-state index contributed by atoms with van der Waals surface area (Å²) in [5.74, 6) is 0.784. The zero-order chi connectivity index (χ0) is 10.6. The van der Waals surface area contributed by atoms with E-state index in [0.29, 0.717) is 14.4 Å². The lowest BCUT2D eigenvalue weighted by Crippen LogP contribution is -2.24. The molecule has 4 nitrogen and oxygen atoms in total. The van der Waals surface area contributed by atoms with E-state index >= 15 is 0 Å². The van der Waals surface area contributed by atoms with E-state index in [1.54, 1.807) is 0 Å². The average Bonchev–Trinajstić information content (AvgIpc) is 2.51. The monoisotopic (exact) mass is 215 g/mol. The van der Waals surface area contributed by atoms with Gasteiger partial charge in [-0.3, -0.25) is 10.3 Å². The largest absolute Gasteiger partial charge is 0.356 e. The van der Waals surface area contributed by atoms with Gasteiger partial charge in [-0.25, -0.2) is 4.74 Å². The molecule has 2 atom stereocenters. The Kier molecular flexibility index (Phi) is 4.49. The summed E-state index contributed by atoms with van der Waals surface area (Å²) in [5, 5.41) is 2.84. The van der Waals surface area contributed by atoms with Gasteiger partial charge in [0.15, 0.2) is 0 Å². The molecule has 0 saturated carbocycles. The van der Waals surface area contributed by atoms with Crippen LogP contribution in [0, 0.1) is 11.8 Å². The minimum atomic E-state index is 0.146. The Hall–Kier alpha value is -0.470. The molecule has 1 rings (SSSR count). The maximum Gasteiger partial charge on any atom is 0.223 e. The van der Waals surface area contributed by atoms with Crippen molar-refractivity contribution in [3.8, 4) is 0 Å². The quantitative estimate of drug-likeness (QED) is 0.698. The summed E-state index contributed by atoms with van der Waals surface area (Å²) < 4.78 is 4.29. The summed E-state index contributed by atoms with van der Waals surface area (Å²) >= 11 is 0. The van der Waals surface area contributed by atoms with E-state index in [4.69, 9.17) is 5.50 Å². The minimum Gasteiger partial charge on any atom is -0.356 e. The van der Waals surface area contributed by atoms with Gasteiger partial charge >= 0.3 is 0 Å². The molecule has 0 aromatic heterocycles. The molecular formula is C9H18N3OP. The van der Waals surface area contributed by atoms with E-state index in [-0.39, 0.29) is 17.9 Å². The molecule has 0 aromatic rings. The Labute approximate surface area is 86.6 Å². The normalized spacial score (nSPS) is 24.6. The fourth-order valence-electron chi connectivity index (χ4n) is 1.70. The zero-order valence-electron chi connectivity index (χ0n) is 8.73. The second-order valence-corrected chi connectivity index (χ2v) is 4.52. The Morgan fingerprint density at radius 2 is 2.43 bits per heavy atom. The molecule has 1 aliphatic heterocycles. The van der Waals surface area contributed by atoms with Crippen LogP contribution in [0.4, 0.5) is 0 Å². The molecule has 1 heterocycles. The van der Waals surface area contributed by atoms with Crippen molar-refractivity contribution >= 4 is 14.4 Å². The number of nitrogens with zero attached hydrogens (tertiary/aromatic N) is 1. The average molecular weight is 215 g/mol. The molecular weight excluding hydrogens is 197 g/mol. The molecule has 1 saturated heterocycles. The van der Waals surface area contributed by atoms with E-state index in [1.165, 1.54) is 0 Å². The summed E-state index contributed by atoms with van der Waals surface area (Å²) in [7, 11) is 0.578. The Bertz CT molecular complexity index is 230. The van der Waals surface area contributed by atoms with Gasteiger partial charge in [-0.05, 0) is 18.8 Å². The molecule has 0 radical (unpaired) electrons. The van der Waals surface area contributed by atoms with Crippen LogP contribution in [0.15, 0.2) is 4.74 Å². The third-order valence-electron chi connectivity index (χ3n) is 2.67. The summed E-state index contributed by atoms with van der Waals surface area (Å²) in [4.78, 5) is 11.4. The fourth-order valence-corrected chi connectivity index (χ4v) is 2.23. The Morgan fingerprint density at radius 1 is 1.71 bits per heavy atom. The second kappa shape index (κ2) is 5.42. The maximum atomic E-state index is 11.4. The van der Waals surface area contributed by atoms with Crippen LogP contribution in [0.1, 0.15) is 26.7 Å². The molecule has 5 heteroatoms. The number of nitrogens with one attached hydrogen (secondary N) is 1. The first-order valence-electron chi connectivity index (χ1n) is 5.03. The van der Waals surface area contributed by atoms with Crippen molar-refractivity contribution < 1.29 is 4.79 Å². The first-order valence-corrected chi connectivity index (χ1v) is 5.94. The second-order valence-electron chi connectivity index (χ2n) is 4.05. The van der Waals surface area contributed by atoms with Gasteiger partial charge in [0, 0.05) is 12.5 Å². The van der Waals surface area contributed by atoms with Gasteiger partial charge in [0.2, 0.25) is 5.91 Å². The third kappa shape index (κ3) is 3.03. The van der Waals surface area contributed by atoms with Gasteiger partial charge in [-0.15, -0.1) is 0 Å². The van der Waals surface area contributed by atoms with Crippen molar-refractivity contribution in [1.82, 2.24) is 5.32 Å². The lowest BCUT2D eigenvalue weighted by molar-refractivity contribution is -0.122. The van der Waals surface area contributed by atoms with Crippen molar-refractivity contribution in [2.24, 2.45) is 22.1 Å². The van der Waals surface area contributed by atoms with Crippen molar-refractivity contribution in [2.45, 2.75) is 32.7 Å². The van der Waals surface area contributed by atoms with Crippen LogP contribution in [0.5, 0.6) is 0 Å². The van der Waals surface area contributed by atoms with Gasteiger partial charge in [0.25, 0.3) is 0 Å². The van der Waals surface area contributed by atoms with Crippen LogP contribution >= 0.6 is 8.52 Å². The molecule has 0 spiro atoms. The summed E-state index contributed by atoms with van der Waals surface area (Å²) in [6, 6.07) is 0.218. The van der Waals surface area contributed by atoms with Crippen molar-refractivity contribution in [2.75, 3.05) is 6.54 Å². The van der Waals surface area contributed by atoms with E-state index in [2.05, 4.69) is 23.9 Å². The maximum absolute atomic E-state index is 11.4. The van der Waals surface area contributed by atoms with Gasteiger partial charge in [0.1, 0.15) is 0 Å². The number of carbonyl (C=O) groups excluding carboxylic acids is 1. The predicted octanol–water partition coefficient (Wildman–Crippen LogP) is 1.54. The topological polar surface area (TPSA) is 67.5 Å². The molecule has 0 bridgehead atoms. The first kappa shape index (κ1) is 11.6. The van der Waals surface area contributed by atoms with Crippen LogP contribution in [0.3, 0.4) is 0 Å². The predicted molar refractivity (Wildman–Crippen MR) is 57.9 cm³/mol. The standard InChI is InChI=1S/C9H18N3OP/c1-6(2)8(12-14-10)5-7-3-4-11-9(7)13/h6-8H,3-5H2,1-2H3,(H2,10,12)(H,11,13). The number of hydrogen-bond donors (Lipinski definition) is 2. The minimum absolute atomic E-state index is 0.146. The Balaban J connectivity index is 2.50. The van der Waals surface area contributed by atoms with Crippen LogP contribution in [0.2, 0.25) is 0 Å². The van der Waals surface area contributed by atoms with Gasteiger partial charge < -0.3 is 5.32 Å². The van der Waals surface area contributed by atoms with Crippen LogP contribution in [-0.2, 0) is 4.79 Å². The van der Waals surface area contributed by atoms with Crippen LogP contribution in [-0.4, -0.2) is 18.5 Å². The highest BCUT2D eigenvalue weighted by Gasteiger charge is 2.27. The van der Waals surface area contributed by atoms with E-state index in [9.17, 15) is 4.79 Å². The number of hydrogen-bond acceptors (Lipinski definition) is 2. The zero-order valence-corrected chi connectivity index (χ0v) is 9.63. The molecule has 14 heavy (non-hydrogen) atoms. The smallest absolute Gasteiger partial charge is 0.223 e. The van der Waals surface area contributed by atoms with E-state index in [0.717, 1.165) is 19.4 Å². The lowest BCUT2D eigenvalue weighted by Gasteiger charge is -2.17. The molecule has 1 aliphatic rings. The highest BCUT2D eigenvalue weighted by Crippen LogP contribution is 2.23. The summed E-state index contributed by atoms with van der Waals surface area (Å²) in [5.41, 5.74) is 5.38. The number of amides is 1. The number of nitrogens with two attached hydrogens (primary N) is 1. The van der Waals surface area contributed by atoms with Crippen molar-refractivity contribution in [1.29, 1.82) is 0 Å². The van der Waals surface area contributed by atoms with E-state index < -0.39 is 0 Å². The molecule has 1 fully saturated rings. The van der Waals surface area contributed by atoms with Crippen LogP contribution < -0.4 is 10.8 Å². The van der Waals surface area contributed by atoms with Gasteiger partial charge in [0.05, 0.1) is 14.6 Å². The van der Waals surface area contributed by atoms with Crippen molar-refractivity contribution in [3.05, 3.63) is 0 Å². The molecule has 0 aliphatic carbocycles. The number of carbonyl (C=O) groups is 1. The molecule has 0 aromatic carbocycles. The first-order chi connectivity index (χ1) is 6.65. The lowest BCUT2D eigenvalue weighted by atomic mass is 9.92. The van der Waals surface area contributed by atoms with Crippen molar-refractivity contribution in [3.63, 3.8) is 0 Å². The number of rotatable bonds is 4. The molecule has 2 unspecified atom stereocenters. The van der Waals surface area contributed by atoms with Crippen LogP contribution in [0.25, 0.3) is 0 Å². The summed E-state index contributed by atoms with van der Waals surface area (Å²) in [6.07, 6.45) is 1.78. The highest BCUT2D eigenvalue weighted by atomic mass is 31.1.